The quantitative estimate of drug-likeness (QED) is 0.590. The average Bonchev–Trinajstić information content (AvgIpc) is 2.19. The van der Waals surface area contributed by atoms with Crippen LogP contribution in [-0.2, 0) is 0 Å². The molecule has 1 aliphatic rings. The van der Waals surface area contributed by atoms with Crippen LogP contribution in [0.25, 0.3) is 0 Å². The molecule has 0 amide bonds. The van der Waals surface area contributed by atoms with Crippen LogP contribution in [0.2, 0.25) is 0 Å². The topological polar surface area (TPSA) is 3.24 Å². The number of hydrogen-bond acceptors (Lipinski definition) is 1. The minimum Gasteiger partial charge on any atom is -0.335 e. The Bertz CT molecular complexity index is 255. The van der Waals surface area contributed by atoms with Gasteiger partial charge in [-0.25, -0.2) is 0 Å². The Morgan fingerprint density at radius 1 is 1.23 bits per heavy atom. The molecular formula is C12H15N. The molecule has 0 saturated carbocycles. The summed E-state index contributed by atoms with van der Waals surface area (Å²) in [5.41, 5.74) is 1.32. The first-order valence-electron chi connectivity index (χ1n) is 4.83. The van der Waals surface area contributed by atoms with E-state index < -0.39 is 0 Å². The number of benzene rings is 1. The molecule has 2 rings (SSSR count). The van der Waals surface area contributed by atoms with Gasteiger partial charge in [-0.3, -0.25) is 0 Å². The van der Waals surface area contributed by atoms with Crippen molar-refractivity contribution in [3.8, 4) is 0 Å². The van der Waals surface area contributed by atoms with Crippen LogP contribution in [0.4, 0.5) is 5.69 Å². The van der Waals surface area contributed by atoms with Crippen molar-refractivity contribution in [3.05, 3.63) is 43.2 Å². The largest absolute Gasteiger partial charge is 0.335 e. The van der Waals surface area contributed by atoms with Crippen molar-refractivity contribution in [2.24, 2.45) is 0 Å². The van der Waals surface area contributed by atoms with E-state index in [4.69, 9.17) is 0 Å². The van der Waals surface area contributed by atoms with E-state index in [2.05, 4.69) is 42.2 Å². The molecule has 0 aliphatic carbocycles. The van der Waals surface area contributed by atoms with Gasteiger partial charge < -0.3 is 4.90 Å². The molecular weight excluding hydrogens is 158 g/mol. The van der Waals surface area contributed by atoms with Crippen molar-refractivity contribution in [3.63, 3.8) is 0 Å². The van der Waals surface area contributed by atoms with Crippen molar-refractivity contribution >= 4 is 5.69 Å². The number of nitrogens with zero attached hydrogens (tertiary/aromatic N) is 1. The van der Waals surface area contributed by atoms with Crippen LogP contribution in [0.5, 0.6) is 0 Å². The summed E-state index contributed by atoms with van der Waals surface area (Å²) in [5.74, 6) is 1.36. The zero-order chi connectivity index (χ0) is 9.10. The predicted octanol–water partition coefficient (Wildman–Crippen LogP) is 2.70. The Balaban J connectivity index is 2.08. The summed E-state index contributed by atoms with van der Waals surface area (Å²) < 4.78 is 0. The molecule has 1 heterocycles. The van der Waals surface area contributed by atoms with Gasteiger partial charge in [0.15, 0.2) is 0 Å². The van der Waals surface area contributed by atoms with E-state index in [-0.39, 0.29) is 0 Å². The number of hydrogen-bond donors (Lipinski definition) is 0. The van der Waals surface area contributed by atoms with Crippen molar-refractivity contribution in [2.75, 3.05) is 18.0 Å². The zero-order valence-corrected chi connectivity index (χ0v) is 7.87. The fourth-order valence-electron chi connectivity index (χ4n) is 1.81. The minimum absolute atomic E-state index is 1.03. The van der Waals surface area contributed by atoms with Crippen molar-refractivity contribution in [1.82, 2.24) is 0 Å². The Kier molecular flexibility index (Phi) is 2.44. The van der Waals surface area contributed by atoms with E-state index in [9.17, 15) is 0 Å². The first-order valence-corrected chi connectivity index (χ1v) is 4.83. The SMILES string of the molecule is [CH2-][C+]1CCCN(c2ccccc2)C1. The van der Waals surface area contributed by atoms with Crippen molar-refractivity contribution in [2.45, 2.75) is 12.8 Å². The summed E-state index contributed by atoms with van der Waals surface area (Å²) in [7, 11) is 0. The number of piperidine rings is 1. The third kappa shape index (κ3) is 1.97. The van der Waals surface area contributed by atoms with E-state index in [0.29, 0.717) is 0 Å². The molecule has 0 aromatic heterocycles. The van der Waals surface area contributed by atoms with Gasteiger partial charge in [-0.2, -0.15) is 0 Å². The maximum absolute atomic E-state index is 4.05. The summed E-state index contributed by atoms with van der Waals surface area (Å²) in [6.07, 6.45) is 2.44. The van der Waals surface area contributed by atoms with Crippen LogP contribution in [-0.4, -0.2) is 13.1 Å². The zero-order valence-electron chi connectivity index (χ0n) is 7.87. The Morgan fingerprint density at radius 2 is 2.00 bits per heavy atom. The van der Waals surface area contributed by atoms with E-state index in [1.165, 1.54) is 31.0 Å². The molecule has 0 atom stereocenters. The molecule has 1 aromatic rings. The molecule has 1 saturated heterocycles. The normalized spacial score (nSPS) is 17.6. The second-order valence-electron chi connectivity index (χ2n) is 3.61. The van der Waals surface area contributed by atoms with Crippen LogP contribution >= 0.6 is 0 Å². The monoisotopic (exact) mass is 173 g/mol. The fraction of sp³-hybridized carbons (Fsp3) is 0.333. The van der Waals surface area contributed by atoms with Gasteiger partial charge in [0.2, 0.25) is 0 Å². The fourth-order valence-corrected chi connectivity index (χ4v) is 1.81. The van der Waals surface area contributed by atoms with Gasteiger partial charge in [-0.15, -0.1) is 6.92 Å². The standard InChI is InChI=1S/C12H15N/c1-11-6-5-9-13(10-11)12-7-3-2-4-8-12/h2-4,7-8H,1,5-6,9-10H2. The van der Waals surface area contributed by atoms with Crippen LogP contribution in [0, 0.1) is 12.8 Å². The van der Waals surface area contributed by atoms with Gasteiger partial charge in [0.05, 0.1) is 6.42 Å². The summed E-state index contributed by atoms with van der Waals surface area (Å²) in [6.45, 7) is 6.25. The highest BCUT2D eigenvalue weighted by Gasteiger charge is 2.19. The van der Waals surface area contributed by atoms with Crippen LogP contribution < -0.4 is 4.90 Å². The maximum Gasteiger partial charge on any atom is 0.131 e. The smallest absolute Gasteiger partial charge is 0.131 e. The molecule has 68 valence electrons. The lowest BCUT2D eigenvalue weighted by Gasteiger charge is -2.29. The first kappa shape index (κ1) is 8.49. The molecule has 1 heteroatoms. The molecule has 1 fully saturated rings. The van der Waals surface area contributed by atoms with Crippen molar-refractivity contribution < 1.29 is 0 Å². The molecule has 0 unspecified atom stereocenters. The van der Waals surface area contributed by atoms with E-state index >= 15 is 0 Å². The molecule has 0 radical (unpaired) electrons. The second kappa shape index (κ2) is 3.73. The lowest BCUT2D eigenvalue weighted by molar-refractivity contribution is 0.631. The molecule has 1 nitrogen and oxygen atoms in total. The summed E-state index contributed by atoms with van der Waals surface area (Å²) in [6, 6.07) is 10.6. The Hall–Kier alpha value is -1.11. The van der Waals surface area contributed by atoms with Gasteiger partial charge in [0.1, 0.15) is 6.54 Å². The van der Waals surface area contributed by atoms with Gasteiger partial charge in [-0.05, 0) is 18.1 Å². The van der Waals surface area contributed by atoms with Crippen molar-refractivity contribution in [1.29, 1.82) is 0 Å². The Morgan fingerprint density at radius 3 is 2.69 bits per heavy atom. The summed E-state index contributed by atoms with van der Waals surface area (Å²) >= 11 is 0. The Labute approximate surface area is 80.4 Å². The summed E-state index contributed by atoms with van der Waals surface area (Å²) in [4.78, 5) is 2.39. The predicted molar refractivity (Wildman–Crippen MR) is 56.5 cm³/mol. The van der Waals surface area contributed by atoms with Crippen LogP contribution in [0.15, 0.2) is 30.3 Å². The lowest BCUT2D eigenvalue weighted by Crippen LogP contribution is -2.33. The van der Waals surface area contributed by atoms with Gasteiger partial charge >= 0.3 is 0 Å². The molecule has 0 bridgehead atoms. The van der Waals surface area contributed by atoms with Crippen LogP contribution in [0.1, 0.15) is 12.8 Å². The highest BCUT2D eigenvalue weighted by Crippen LogP contribution is 2.22. The molecule has 0 spiro atoms. The highest BCUT2D eigenvalue weighted by atomic mass is 15.1. The number of anilines is 1. The molecule has 13 heavy (non-hydrogen) atoms. The second-order valence-corrected chi connectivity index (χ2v) is 3.61. The van der Waals surface area contributed by atoms with Gasteiger partial charge in [0.25, 0.3) is 0 Å². The van der Waals surface area contributed by atoms with E-state index in [1.807, 2.05) is 0 Å². The minimum atomic E-state index is 1.03. The first-order chi connectivity index (χ1) is 6.36. The summed E-state index contributed by atoms with van der Waals surface area (Å²) in [5, 5.41) is 0. The average molecular weight is 173 g/mol. The molecule has 1 aromatic carbocycles. The number of rotatable bonds is 1. The molecule has 0 N–H and O–H groups in total. The third-order valence-corrected chi connectivity index (χ3v) is 2.49. The maximum atomic E-state index is 4.05. The van der Waals surface area contributed by atoms with Gasteiger partial charge in [-0.1, -0.05) is 18.2 Å². The van der Waals surface area contributed by atoms with Gasteiger partial charge in [0, 0.05) is 18.7 Å². The highest BCUT2D eigenvalue weighted by molar-refractivity contribution is 5.47. The lowest BCUT2D eigenvalue weighted by atomic mass is 10.00. The van der Waals surface area contributed by atoms with Crippen LogP contribution in [0.3, 0.4) is 0 Å². The van der Waals surface area contributed by atoms with E-state index in [0.717, 1.165) is 6.54 Å². The number of para-hydroxylation sites is 1. The van der Waals surface area contributed by atoms with E-state index in [1.54, 1.807) is 0 Å². The third-order valence-electron chi connectivity index (χ3n) is 2.49. The molecule has 1 aliphatic heterocycles.